The Labute approximate surface area is 279 Å². The summed E-state index contributed by atoms with van der Waals surface area (Å²) in [5.74, 6) is -3.66. The molecule has 3 aromatic rings. The number of imide groups is 1. The summed E-state index contributed by atoms with van der Waals surface area (Å²) in [6.45, 7) is -0.617. The number of Topliss-reactive ketones (excluding diaryl/α,β-unsaturated/α-hetero) is 1. The Balaban J connectivity index is 1.39. The molecule has 2 fully saturated rings. The molecule has 1 aliphatic heterocycles. The maximum Gasteiger partial charge on any atom is 0.343 e. The van der Waals surface area contributed by atoms with Gasteiger partial charge in [0, 0.05) is 20.8 Å². The lowest BCUT2D eigenvalue weighted by Gasteiger charge is -2.30. The molecule has 1 heterocycles. The summed E-state index contributed by atoms with van der Waals surface area (Å²) in [6, 6.07) is 16.3. The molecule has 1 saturated carbocycles. The molecule has 228 valence electrons. The number of fused-ring (bicyclic) bond motifs is 1. The molecule has 0 spiro atoms. The van der Waals surface area contributed by atoms with Crippen molar-refractivity contribution in [3.05, 3.63) is 93.5 Å². The number of methoxy groups -OCH3 is 1. The van der Waals surface area contributed by atoms with Crippen molar-refractivity contribution in [2.45, 2.75) is 22.5 Å². The van der Waals surface area contributed by atoms with E-state index in [0.717, 1.165) is 10.0 Å². The van der Waals surface area contributed by atoms with Gasteiger partial charge >= 0.3 is 5.97 Å². The molecule has 3 amide bonds. The SMILES string of the molecule is COc1cccc(C(=O)Oc2ccc(C(=O)CN(C(=O)c3ccc(Cl)c(Cl)c3)N3C(=O)[C@H]4C[C@@H](Br)[C@@H](Br)C[C@H]4C3=O)cc2)c1. The predicted molar refractivity (Wildman–Crippen MR) is 170 cm³/mol. The number of alkyl halides is 2. The highest BCUT2D eigenvalue weighted by atomic mass is 79.9. The zero-order chi connectivity index (χ0) is 31.7. The van der Waals surface area contributed by atoms with E-state index in [0.29, 0.717) is 18.6 Å². The Morgan fingerprint density at radius 3 is 2.02 bits per heavy atom. The number of carbonyl (C=O) groups excluding carboxylic acids is 5. The first-order chi connectivity index (χ1) is 21.0. The molecular weight excluding hydrogens is 743 g/mol. The van der Waals surface area contributed by atoms with Crippen molar-refractivity contribution in [1.82, 2.24) is 10.0 Å². The molecule has 44 heavy (non-hydrogen) atoms. The molecule has 3 aromatic carbocycles. The Morgan fingerprint density at radius 2 is 1.43 bits per heavy atom. The third kappa shape index (κ3) is 6.56. The van der Waals surface area contributed by atoms with E-state index in [9.17, 15) is 24.0 Å². The van der Waals surface area contributed by atoms with Gasteiger partial charge in [0.05, 0.1) is 34.6 Å². The highest BCUT2D eigenvalue weighted by Gasteiger charge is 2.54. The van der Waals surface area contributed by atoms with E-state index in [4.69, 9.17) is 32.7 Å². The smallest absolute Gasteiger partial charge is 0.343 e. The van der Waals surface area contributed by atoms with Crippen LogP contribution in [0.15, 0.2) is 66.7 Å². The third-order valence-corrected chi connectivity index (χ3v) is 11.0. The van der Waals surface area contributed by atoms with Crippen LogP contribution in [0.5, 0.6) is 11.5 Å². The molecule has 13 heteroatoms. The monoisotopic (exact) mass is 764 g/mol. The minimum atomic E-state index is -0.771. The second-order valence-electron chi connectivity index (χ2n) is 10.3. The van der Waals surface area contributed by atoms with Crippen LogP contribution in [0.2, 0.25) is 10.0 Å². The fourth-order valence-corrected chi connectivity index (χ4v) is 6.71. The first-order valence-corrected chi connectivity index (χ1v) is 16.0. The van der Waals surface area contributed by atoms with Crippen LogP contribution in [0.1, 0.15) is 43.9 Å². The number of nitrogens with zero attached hydrogens (tertiary/aromatic N) is 2. The van der Waals surface area contributed by atoms with Crippen LogP contribution >= 0.6 is 55.1 Å². The van der Waals surface area contributed by atoms with E-state index < -0.39 is 47.9 Å². The number of hydrazine groups is 1. The van der Waals surface area contributed by atoms with Crippen molar-refractivity contribution in [3.63, 3.8) is 0 Å². The number of carbonyl (C=O) groups is 5. The van der Waals surface area contributed by atoms with Crippen LogP contribution in [0.25, 0.3) is 0 Å². The summed E-state index contributed by atoms with van der Waals surface area (Å²) in [7, 11) is 1.49. The second-order valence-corrected chi connectivity index (χ2v) is 13.4. The van der Waals surface area contributed by atoms with Crippen LogP contribution < -0.4 is 9.47 Å². The van der Waals surface area contributed by atoms with Gasteiger partial charge < -0.3 is 9.47 Å². The zero-order valence-electron chi connectivity index (χ0n) is 23.0. The highest BCUT2D eigenvalue weighted by Crippen LogP contribution is 2.44. The van der Waals surface area contributed by atoms with Gasteiger partial charge in [-0.05, 0) is 73.5 Å². The number of halogens is 4. The van der Waals surface area contributed by atoms with Crippen molar-refractivity contribution in [2.24, 2.45) is 11.8 Å². The van der Waals surface area contributed by atoms with E-state index in [1.165, 1.54) is 55.6 Å². The van der Waals surface area contributed by atoms with E-state index >= 15 is 0 Å². The Bertz CT molecular complexity index is 1620. The molecule has 0 N–H and O–H groups in total. The van der Waals surface area contributed by atoms with Crippen molar-refractivity contribution >= 4 is 84.5 Å². The van der Waals surface area contributed by atoms with Gasteiger partial charge in [-0.2, -0.15) is 5.01 Å². The fraction of sp³-hybridized carbons (Fsp3) is 0.258. The normalized spacial score (nSPS) is 21.1. The van der Waals surface area contributed by atoms with E-state index in [-0.39, 0.29) is 42.1 Å². The molecular formula is C31H24Br2Cl2N2O7. The average Bonchev–Trinajstić information content (AvgIpc) is 3.25. The van der Waals surface area contributed by atoms with Gasteiger partial charge in [-0.15, -0.1) is 0 Å². The molecule has 5 rings (SSSR count). The number of hydrogen-bond donors (Lipinski definition) is 0. The molecule has 0 aromatic heterocycles. The molecule has 4 atom stereocenters. The summed E-state index contributed by atoms with van der Waals surface area (Å²) >= 11 is 19.3. The molecule has 0 bridgehead atoms. The summed E-state index contributed by atoms with van der Waals surface area (Å²) in [5, 5.41) is 1.98. The number of benzene rings is 3. The van der Waals surface area contributed by atoms with Crippen LogP contribution in [-0.4, -0.2) is 62.8 Å². The summed E-state index contributed by atoms with van der Waals surface area (Å²) < 4.78 is 10.6. The average molecular weight is 767 g/mol. The lowest BCUT2D eigenvalue weighted by molar-refractivity contribution is -0.154. The molecule has 0 radical (unpaired) electrons. The maximum absolute atomic E-state index is 13.8. The van der Waals surface area contributed by atoms with Crippen molar-refractivity contribution in [2.75, 3.05) is 13.7 Å². The first-order valence-electron chi connectivity index (χ1n) is 13.4. The van der Waals surface area contributed by atoms with Gasteiger partial charge in [0.2, 0.25) is 0 Å². The minimum Gasteiger partial charge on any atom is -0.497 e. The summed E-state index contributed by atoms with van der Waals surface area (Å²) in [5.41, 5.74) is 0.480. The van der Waals surface area contributed by atoms with Gasteiger partial charge in [-0.25, -0.2) is 9.80 Å². The largest absolute Gasteiger partial charge is 0.497 e. The van der Waals surface area contributed by atoms with Gasteiger partial charge in [-0.1, -0.05) is 61.1 Å². The number of hydrogen-bond acceptors (Lipinski definition) is 7. The van der Waals surface area contributed by atoms with E-state index in [1.807, 2.05) is 0 Å². The number of rotatable bonds is 8. The minimum absolute atomic E-state index is 0.0409. The van der Waals surface area contributed by atoms with Gasteiger partial charge in [0.1, 0.15) is 18.0 Å². The van der Waals surface area contributed by atoms with Crippen molar-refractivity contribution < 1.29 is 33.4 Å². The Morgan fingerprint density at radius 1 is 0.818 bits per heavy atom. The van der Waals surface area contributed by atoms with E-state index in [2.05, 4.69) is 31.9 Å². The first kappa shape index (κ1) is 32.2. The molecule has 1 aliphatic carbocycles. The number of amides is 3. The van der Waals surface area contributed by atoms with Crippen LogP contribution in [0, 0.1) is 11.8 Å². The fourth-order valence-electron chi connectivity index (χ4n) is 5.18. The lowest BCUT2D eigenvalue weighted by Crippen LogP contribution is -2.52. The second kappa shape index (κ2) is 13.4. The van der Waals surface area contributed by atoms with Crippen LogP contribution in [0.4, 0.5) is 0 Å². The highest BCUT2D eigenvalue weighted by molar-refractivity contribution is 9.12. The maximum atomic E-state index is 13.8. The summed E-state index contributed by atoms with van der Waals surface area (Å²) in [4.78, 5) is 66.9. The molecule has 0 unspecified atom stereocenters. The Hall–Kier alpha value is -3.25. The molecule has 9 nitrogen and oxygen atoms in total. The quantitative estimate of drug-likeness (QED) is 0.0861. The van der Waals surface area contributed by atoms with Gasteiger partial charge in [0.25, 0.3) is 17.7 Å². The van der Waals surface area contributed by atoms with Crippen molar-refractivity contribution in [3.8, 4) is 11.5 Å². The van der Waals surface area contributed by atoms with Crippen LogP contribution in [0.3, 0.4) is 0 Å². The topological polar surface area (TPSA) is 110 Å². The third-order valence-electron chi connectivity index (χ3n) is 7.52. The number of ether oxygens (including phenoxy) is 2. The lowest BCUT2D eigenvalue weighted by atomic mass is 9.81. The standard InChI is InChI=1S/C31H24Br2Cl2N2O7/c1-43-20-4-2-3-18(11-20)31(42)44-19-8-5-16(6-9-19)27(38)15-36(28(39)17-7-10-25(34)26(35)12-17)37-29(40)21-13-23(32)24(33)14-22(21)30(37)41/h2-12,21-24H,13-15H2,1H3/t21-,22+,23+,24-. The zero-order valence-corrected chi connectivity index (χ0v) is 27.7. The molecule has 1 saturated heterocycles. The summed E-state index contributed by atoms with van der Waals surface area (Å²) in [6.07, 6.45) is 0.778. The number of ketones is 1. The Kier molecular flexibility index (Phi) is 9.79. The molecule has 2 aliphatic rings. The van der Waals surface area contributed by atoms with Crippen LogP contribution in [-0.2, 0) is 9.59 Å². The van der Waals surface area contributed by atoms with Gasteiger partial charge in [0.15, 0.2) is 5.78 Å². The predicted octanol–water partition coefficient (Wildman–Crippen LogP) is 6.38. The van der Waals surface area contributed by atoms with E-state index in [1.54, 1.807) is 18.2 Å². The number of esters is 1. The van der Waals surface area contributed by atoms with Crippen molar-refractivity contribution in [1.29, 1.82) is 0 Å². The van der Waals surface area contributed by atoms with Gasteiger partial charge in [-0.3, -0.25) is 19.2 Å².